The van der Waals surface area contributed by atoms with Crippen molar-refractivity contribution < 1.29 is 34.4 Å². The Morgan fingerprint density at radius 1 is 1.28 bits per heavy atom. The van der Waals surface area contributed by atoms with Gasteiger partial charge in [0.15, 0.2) is 17.3 Å². The highest BCUT2D eigenvalue weighted by Crippen LogP contribution is 2.21. The maximum atomic E-state index is 12.0. The van der Waals surface area contributed by atoms with Crippen LogP contribution in [0.3, 0.4) is 0 Å². The second kappa shape index (κ2) is 6.29. The van der Waals surface area contributed by atoms with E-state index in [9.17, 15) is 24.6 Å². The van der Waals surface area contributed by atoms with Crippen molar-refractivity contribution in [2.75, 3.05) is 6.61 Å². The van der Waals surface area contributed by atoms with E-state index in [2.05, 4.69) is 9.72 Å². The fraction of sp³-hybridized carbons (Fsp3) is 0.188. The molecule has 0 spiro atoms. The summed E-state index contributed by atoms with van der Waals surface area (Å²) in [5.74, 6) is -3.95. The largest absolute Gasteiger partial charge is 0.505 e. The minimum absolute atomic E-state index is 0.123. The fourth-order valence-corrected chi connectivity index (χ4v) is 2.36. The number of carbonyl (C=O) groups is 2. The van der Waals surface area contributed by atoms with Crippen LogP contribution < -0.4 is 5.43 Å². The van der Waals surface area contributed by atoms with E-state index in [0.29, 0.717) is 10.9 Å². The first-order valence-corrected chi connectivity index (χ1v) is 7.19. The highest BCUT2D eigenvalue weighted by molar-refractivity contribution is 5.91. The van der Waals surface area contributed by atoms with Crippen molar-refractivity contribution in [3.63, 3.8) is 0 Å². The van der Waals surface area contributed by atoms with Gasteiger partial charge in [-0.3, -0.25) is 4.79 Å². The molecule has 0 saturated carbocycles. The molecule has 0 saturated heterocycles. The van der Waals surface area contributed by atoms with E-state index in [1.54, 1.807) is 24.3 Å². The topological polar surface area (TPSA) is 146 Å². The second-order valence-corrected chi connectivity index (χ2v) is 5.32. The van der Waals surface area contributed by atoms with Crippen molar-refractivity contribution in [2.45, 2.75) is 12.2 Å². The number of fused-ring (bicyclic) bond motifs is 1. The van der Waals surface area contributed by atoms with Crippen LogP contribution in [0.5, 0.6) is 0 Å². The Hall–Kier alpha value is -3.33. The molecule has 130 valence electrons. The number of carbonyl (C=O) groups excluding carboxylic acids is 2. The first-order valence-electron chi connectivity index (χ1n) is 7.19. The standard InChI is InChI=1S/C16H13NO8/c18-10-5-9(17-8-4-2-1-3-7(8)10)15(22)24-6-11(19)14-12(20)13(21)16(23)25-14/h1-5,11,14,19-21H,6H2,(H,17,18)/t11-,14+/m0/s1. The Morgan fingerprint density at radius 2 is 2.00 bits per heavy atom. The van der Waals surface area contributed by atoms with Gasteiger partial charge in [0, 0.05) is 17.0 Å². The molecule has 25 heavy (non-hydrogen) atoms. The number of benzene rings is 1. The molecule has 9 heteroatoms. The average Bonchev–Trinajstić information content (AvgIpc) is 2.87. The van der Waals surface area contributed by atoms with Gasteiger partial charge in [-0.05, 0) is 12.1 Å². The van der Waals surface area contributed by atoms with Crippen molar-refractivity contribution in [1.29, 1.82) is 0 Å². The van der Waals surface area contributed by atoms with Gasteiger partial charge in [-0.1, -0.05) is 12.1 Å². The first kappa shape index (κ1) is 16.5. The van der Waals surface area contributed by atoms with Crippen LogP contribution in [0.2, 0.25) is 0 Å². The molecule has 2 heterocycles. The number of hydrogen-bond donors (Lipinski definition) is 4. The van der Waals surface area contributed by atoms with Crippen LogP contribution >= 0.6 is 0 Å². The third kappa shape index (κ3) is 3.04. The third-order valence-corrected chi connectivity index (χ3v) is 3.63. The van der Waals surface area contributed by atoms with Crippen molar-refractivity contribution in [1.82, 2.24) is 4.98 Å². The van der Waals surface area contributed by atoms with Crippen LogP contribution in [0.25, 0.3) is 10.9 Å². The van der Waals surface area contributed by atoms with Crippen molar-refractivity contribution in [2.24, 2.45) is 0 Å². The molecule has 9 nitrogen and oxygen atoms in total. The van der Waals surface area contributed by atoms with Crippen molar-refractivity contribution >= 4 is 22.8 Å². The van der Waals surface area contributed by atoms with Crippen LogP contribution in [-0.2, 0) is 14.3 Å². The quantitative estimate of drug-likeness (QED) is 0.578. The van der Waals surface area contributed by atoms with Gasteiger partial charge < -0.3 is 29.8 Å². The fourth-order valence-electron chi connectivity index (χ4n) is 2.36. The summed E-state index contributed by atoms with van der Waals surface area (Å²) < 4.78 is 9.41. The van der Waals surface area contributed by atoms with Gasteiger partial charge in [-0.25, -0.2) is 9.59 Å². The summed E-state index contributed by atoms with van der Waals surface area (Å²) in [7, 11) is 0. The smallest absolute Gasteiger partial charge is 0.377 e. The van der Waals surface area contributed by atoms with E-state index in [1.807, 2.05) is 0 Å². The molecular weight excluding hydrogens is 334 g/mol. The number of pyridine rings is 1. The van der Waals surface area contributed by atoms with Crippen LogP contribution in [0.4, 0.5) is 0 Å². The number of rotatable bonds is 4. The molecule has 0 fully saturated rings. The predicted molar refractivity (Wildman–Crippen MR) is 83.0 cm³/mol. The summed E-state index contributed by atoms with van der Waals surface area (Å²) in [5, 5.41) is 28.9. The summed E-state index contributed by atoms with van der Waals surface area (Å²) >= 11 is 0. The molecule has 0 unspecified atom stereocenters. The monoisotopic (exact) mass is 347 g/mol. The number of para-hydroxylation sites is 1. The van der Waals surface area contributed by atoms with Crippen LogP contribution in [0, 0.1) is 0 Å². The van der Waals surface area contributed by atoms with E-state index in [-0.39, 0.29) is 11.1 Å². The zero-order valence-electron chi connectivity index (χ0n) is 12.6. The van der Waals surface area contributed by atoms with Gasteiger partial charge in [-0.15, -0.1) is 0 Å². The summed E-state index contributed by atoms with van der Waals surface area (Å²) in [5.41, 5.74) is -0.0586. The molecule has 0 radical (unpaired) electrons. The highest BCUT2D eigenvalue weighted by Gasteiger charge is 2.39. The Bertz CT molecular complexity index is 945. The molecule has 0 aliphatic carbocycles. The van der Waals surface area contributed by atoms with Crippen molar-refractivity contribution in [3.05, 3.63) is 57.8 Å². The SMILES string of the molecule is O=C1O[C@H]([C@@H](O)COC(=O)c2cc(=O)c3ccccc3[nH]2)C(O)=C1O. The number of aliphatic hydroxyl groups excluding tert-OH is 3. The number of aliphatic hydroxyl groups is 3. The molecular formula is C16H13NO8. The molecule has 0 amide bonds. The van der Waals surface area contributed by atoms with Gasteiger partial charge in [0.1, 0.15) is 18.4 Å². The molecule has 2 atom stereocenters. The minimum atomic E-state index is -1.59. The Balaban J connectivity index is 1.71. The highest BCUT2D eigenvalue weighted by atomic mass is 16.6. The van der Waals surface area contributed by atoms with Crippen LogP contribution in [-0.4, -0.2) is 51.1 Å². The Kier molecular flexibility index (Phi) is 4.15. The summed E-state index contributed by atoms with van der Waals surface area (Å²) in [6.45, 7) is -0.636. The summed E-state index contributed by atoms with van der Waals surface area (Å²) in [6.07, 6.45) is -3.12. The lowest BCUT2D eigenvalue weighted by Gasteiger charge is -2.17. The molecule has 1 aliphatic rings. The molecule has 2 aromatic rings. The second-order valence-electron chi connectivity index (χ2n) is 5.32. The maximum absolute atomic E-state index is 12.0. The number of nitrogens with one attached hydrogen (secondary N) is 1. The third-order valence-electron chi connectivity index (χ3n) is 3.63. The first-order chi connectivity index (χ1) is 11.9. The lowest BCUT2D eigenvalue weighted by atomic mass is 10.2. The maximum Gasteiger partial charge on any atom is 0.377 e. The molecule has 4 N–H and O–H groups in total. The molecule has 0 bridgehead atoms. The molecule has 1 aromatic carbocycles. The number of ether oxygens (including phenoxy) is 2. The van der Waals surface area contributed by atoms with E-state index < -0.39 is 42.3 Å². The normalized spacial score (nSPS) is 18.3. The number of H-pyrrole nitrogens is 1. The molecule has 1 aliphatic heterocycles. The van der Waals surface area contributed by atoms with Gasteiger partial charge >= 0.3 is 11.9 Å². The average molecular weight is 347 g/mol. The lowest BCUT2D eigenvalue weighted by Crippen LogP contribution is -2.33. The minimum Gasteiger partial charge on any atom is -0.505 e. The van der Waals surface area contributed by atoms with Gasteiger partial charge in [-0.2, -0.15) is 0 Å². The van der Waals surface area contributed by atoms with Gasteiger partial charge in [0.05, 0.1) is 0 Å². The van der Waals surface area contributed by atoms with E-state index in [1.165, 1.54) is 0 Å². The van der Waals surface area contributed by atoms with Crippen LogP contribution in [0.1, 0.15) is 10.5 Å². The van der Waals surface area contributed by atoms with E-state index >= 15 is 0 Å². The number of aromatic amines is 1. The molecule has 1 aromatic heterocycles. The number of cyclic esters (lactones) is 1. The number of aromatic nitrogens is 1. The van der Waals surface area contributed by atoms with Crippen LogP contribution in [0.15, 0.2) is 46.6 Å². The Morgan fingerprint density at radius 3 is 2.68 bits per heavy atom. The molecule has 3 rings (SSSR count). The van der Waals surface area contributed by atoms with E-state index in [4.69, 9.17) is 9.84 Å². The summed E-state index contributed by atoms with van der Waals surface area (Å²) in [6, 6.07) is 7.66. The zero-order valence-corrected chi connectivity index (χ0v) is 12.6. The number of esters is 2. The van der Waals surface area contributed by atoms with E-state index in [0.717, 1.165) is 6.07 Å². The zero-order chi connectivity index (χ0) is 18.1. The van der Waals surface area contributed by atoms with Gasteiger partial charge in [0.25, 0.3) is 0 Å². The van der Waals surface area contributed by atoms with Gasteiger partial charge in [0.2, 0.25) is 5.76 Å². The Labute approximate surface area is 139 Å². The summed E-state index contributed by atoms with van der Waals surface area (Å²) in [4.78, 5) is 37.8. The number of hydrogen-bond acceptors (Lipinski definition) is 8. The van der Waals surface area contributed by atoms with Crippen molar-refractivity contribution in [3.8, 4) is 0 Å². The lowest BCUT2D eigenvalue weighted by molar-refractivity contribution is -0.147. The predicted octanol–water partition coefficient (Wildman–Crippen LogP) is 0.299.